The molecule has 2 aromatic carbocycles. The number of aromatic carboxylic acids is 1. The van der Waals surface area contributed by atoms with Gasteiger partial charge in [0.15, 0.2) is 5.69 Å². The molecule has 0 bridgehead atoms. The third-order valence-corrected chi connectivity index (χ3v) is 5.89. The summed E-state index contributed by atoms with van der Waals surface area (Å²) in [4.78, 5) is 19.6. The number of carboxylic acid groups (broad SMARTS) is 1. The van der Waals surface area contributed by atoms with Crippen LogP contribution in [0.3, 0.4) is 0 Å². The number of carboxylic acids is 1. The molecule has 1 aromatic heterocycles. The zero-order valence-electron chi connectivity index (χ0n) is 16.2. The molecule has 1 N–H and O–H groups in total. The van der Waals surface area contributed by atoms with Crippen molar-refractivity contribution in [1.82, 2.24) is 9.97 Å². The van der Waals surface area contributed by atoms with Crippen LogP contribution in [-0.2, 0) is 6.61 Å². The first-order chi connectivity index (χ1) is 14.9. The Hall–Kier alpha value is -2.77. The number of halogens is 3. The van der Waals surface area contributed by atoms with Gasteiger partial charge >= 0.3 is 5.97 Å². The zero-order valence-corrected chi connectivity index (χ0v) is 18.6. The Morgan fingerprint density at radius 3 is 2.74 bits per heavy atom. The molecule has 0 saturated heterocycles. The molecule has 8 heteroatoms. The molecule has 0 radical (unpaired) electrons. The van der Waals surface area contributed by atoms with Crippen molar-refractivity contribution in [3.63, 3.8) is 0 Å². The Morgan fingerprint density at radius 2 is 1.97 bits per heavy atom. The maximum atomic E-state index is 13.3. The van der Waals surface area contributed by atoms with Gasteiger partial charge in [-0.25, -0.2) is 14.2 Å². The van der Waals surface area contributed by atoms with E-state index in [0.29, 0.717) is 22.0 Å². The second kappa shape index (κ2) is 9.16. The predicted molar refractivity (Wildman–Crippen MR) is 120 cm³/mol. The van der Waals surface area contributed by atoms with Crippen LogP contribution in [0.1, 0.15) is 46.6 Å². The Morgan fingerprint density at radius 1 is 1.16 bits per heavy atom. The van der Waals surface area contributed by atoms with Crippen LogP contribution in [0.25, 0.3) is 11.1 Å². The first kappa shape index (κ1) is 21.5. The van der Waals surface area contributed by atoms with Crippen LogP contribution < -0.4 is 4.74 Å². The molecule has 5 nitrogen and oxygen atoms in total. The second-order valence-electron chi connectivity index (χ2n) is 7.07. The second-order valence-corrected chi connectivity index (χ2v) is 8.39. The number of hydrogen-bond acceptors (Lipinski definition) is 4. The first-order valence-corrected chi connectivity index (χ1v) is 10.7. The molecule has 3 aromatic rings. The van der Waals surface area contributed by atoms with Crippen molar-refractivity contribution in [2.75, 3.05) is 0 Å². The van der Waals surface area contributed by atoms with Crippen LogP contribution in [0.15, 0.2) is 53.3 Å². The summed E-state index contributed by atoms with van der Waals surface area (Å²) >= 11 is 9.65. The van der Waals surface area contributed by atoms with Crippen LogP contribution in [0.2, 0.25) is 5.02 Å². The van der Waals surface area contributed by atoms with Crippen molar-refractivity contribution in [3.05, 3.63) is 86.6 Å². The molecule has 0 atom stereocenters. The van der Waals surface area contributed by atoms with Gasteiger partial charge in [-0.2, -0.15) is 0 Å². The third kappa shape index (κ3) is 4.78. The average molecular weight is 504 g/mol. The summed E-state index contributed by atoms with van der Waals surface area (Å²) in [5, 5.41) is 9.56. The summed E-state index contributed by atoms with van der Waals surface area (Å²) in [5.41, 5.74) is 4.03. The number of rotatable bonds is 6. The fourth-order valence-electron chi connectivity index (χ4n) is 3.60. The van der Waals surface area contributed by atoms with Crippen LogP contribution in [0.5, 0.6) is 5.75 Å². The summed E-state index contributed by atoms with van der Waals surface area (Å²) in [6.07, 6.45) is 5.31. The van der Waals surface area contributed by atoms with E-state index < -0.39 is 11.8 Å². The Balaban J connectivity index is 1.71. The Bertz CT molecular complexity index is 1200. The first-order valence-electron chi connectivity index (χ1n) is 9.57. The summed E-state index contributed by atoms with van der Waals surface area (Å²) in [5.74, 6) is -0.860. The minimum atomic E-state index is -1.11. The van der Waals surface area contributed by atoms with Gasteiger partial charge in [0.1, 0.15) is 18.2 Å². The van der Waals surface area contributed by atoms with Gasteiger partial charge in [0.25, 0.3) is 0 Å². The largest absolute Gasteiger partial charge is 0.488 e. The number of aromatic nitrogens is 2. The lowest BCUT2D eigenvalue weighted by Crippen LogP contribution is -2.04. The molecule has 4 rings (SSSR count). The number of carbonyl (C=O) groups is 1. The maximum Gasteiger partial charge on any atom is 0.356 e. The van der Waals surface area contributed by atoms with E-state index in [0.717, 1.165) is 40.4 Å². The molecule has 0 unspecified atom stereocenters. The fourth-order valence-corrected chi connectivity index (χ4v) is 4.18. The van der Waals surface area contributed by atoms with E-state index in [-0.39, 0.29) is 12.3 Å². The van der Waals surface area contributed by atoms with E-state index in [9.17, 15) is 14.3 Å². The molecular formula is C23H17BrClFN2O3. The minimum absolute atomic E-state index is 0.0899. The lowest BCUT2D eigenvalue weighted by molar-refractivity contribution is 0.0690. The normalized spacial score (nSPS) is 13.5. The molecule has 1 heterocycles. The van der Waals surface area contributed by atoms with Crippen molar-refractivity contribution in [2.24, 2.45) is 0 Å². The van der Waals surface area contributed by atoms with Crippen LogP contribution >= 0.6 is 27.5 Å². The van der Waals surface area contributed by atoms with Gasteiger partial charge in [-0.15, -0.1) is 0 Å². The van der Waals surface area contributed by atoms with Crippen molar-refractivity contribution in [1.29, 1.82) is 0 Å². The Labute approximate surface area is 191 Å². The maximum absolute atomic E-state index is 13.3. The van der Waals surface area contributed by atoms with Gasteiger partial charge in [-0.1, -0.05) is 33.6 Å². The number of allylic oxidation sites excluding steroid dienone is 2. The number of benzene rings is 2. The standard InChI is InChI=1S/C23H17BrClFN2O3/c24-14-5-7-22(31-12-13-4-6-15(26)9-19(13)25)18(8-14)16-2-1-3-17(16)20-10-27-11-21(28-20)23(29)30/h4-11H,1-3,12H2,(H,29,30). The molecule has 0 amide bonds. The van der Waals surface area contributed by atoms with Gasteiger partial charge in [0.05, 0.1) is 23.1 Å². The van der Waals surface area contributed by atoms with E-state index in [1.807, 2.05) is 18.2 Å². The lowest BCUT2D eigenvalue weighted by atomic mass is 9.99. The molecule has 0 saturated carbocycles. The average Bonchev–Trinajstić information content (AvgIpc) is 3.23. The van der Waals surface area contributed by atoms with E-state index in [1.54, 1.807) is 12.3 Å². The predicted octanol–water partition coefficient (Wildman–Crippen LogP) is 6.40. The lowest BCUT2D eigenvalue weighted by Gasteiger charge is -2.15. The molecule has 0 aliphatic heterocycles. The van der Waals surface area contributed by atoms with Crippen molar-refractivity contribution in [3.8, 4) is 5.75 Å². The summed E-state index contributed by atoms with van der Waals surface area (Å²) in [6, 6.07) is 9.91. The van der Waals surface area contributed by atoms with Crippen LogP contribution in [-0.4, -0.2) is 21.0 Å². The van der Waals surface area contributed by atoms with Crippen LogP contribution in [0.4, 0.5) is 4.39 Å². The highest BCUT2D eigenvalue weighted by Gasteiger charge is 2.23. The molecular weight excluding hydrogens is 487 g/mol. The number of ether oxygens (including phenoxy) is 1. The SMILES string of the molecule is O=C(O)c1cncc(C2=C(c3cc(Br)ccc3OCc3ccc(F)cc3Cl)CCC2)n1. The number of nitrogens with zero attached hydrogens (tertiary/aromatic N) is 2. The minimum Gasteiger partial charge on any atom is -0.488 e. The van der Waals surface area contributed by atoms with E-state index >= 15 is 0 Å². The van der Waals surface area contributed by atoms with Gasteiger partial charge in [0, 0.05) is 15.6 Å². The highest BCUT2D eigenvalue weighted by atomic mass is 79.9. The topological polar surface area (TPSA) is 72.3 Å². The van der Waals surface area contributed by atoms with E-state index in [2.05, 4.69) is 25.9 Å². The highest BCUT2D eigenvalue weighted by Crippen LogP contribution is 2.43. The monoisotopic (exact) mass is 502 g/mol. The molecule has 31 heavy (non-hydrogen) atoms. The molecule has 1 aliphatic carbocycles. The summed E-state index contributed by atoms with van der Waals surface area (Å²) in [7, 11) is 0. The summed E-state index contributed by atoms with van der Waals surface area (Å²) in [6.45, 7) is 0.185. The van der Waals surface area contributed by atoms with Gasteiger partial charge in [0.2, 0.25) is 0 Å². The molecule has 158 valence electrons. The molecule has 0 spiro atoms. The fraction of sp³-hybridized carbons (Fsp3) is 0.174. The number of hydrogen-bond donors (Lipinski definition) is 1. The molecule has 0 fully saturated rings. The van der Waals surface area contributed by atoms with Crippen molar-refractivity contribution >= 4 is 44.6 Å². The van der Waals surface area contributed by atoms with E-state index in [4.69, 9.17) is 16.3 Å². The van der Waals surface area contributed by atoms with Crippen LogP contribution in [0, 0.1) is 5.82 Å². The summed E-state index contributed by atoms with van der Waals surface area (Å²) < 4.78 is 20.3. The van der Waals surface area contributed by atoms with E-state index in [1.165, 1.54) is 18.3 Å². The Kier molecular flexibility index (Phi) is 6.34. The van der Waals surface area contributed by atoms with Crippen molar-refractivity contribution < 1.29 is 19.0 Å². The van der Waals surface area contributed by atoms with Gasteiger partial charge in [-0.3, -0.25) is 4.98 Å². The smallest absolute Gasteiger partial charge is 0.356 e. The van der Waals surface area contributed by atoms with Crippen molar-refractivity contribution in [2.45, 2.75) is 25.9 Å². The third-order valence-electron chi connectivity index (χ3n) is 5.05. The van der Waals surface area contributed by atoms with Gasteiger partial charge < -0.3 is 9.84 Å². The quantitative estimate of drug-likeness (QED) is 0.421. The zero-order chi connectivity index (χ0) is 22.0. The van der Waals surface area contributed by atoms with Gasteiger partial charge in [-0.05, 0) is 60.7 Å². The molecule has 1 aliphatic rings. The highest BCUT2D eigenvalue weighted by molar-refractivity contribution is 9.10.